The van der Waals surface area contributed by atoms with Gasteiger partial charge in [-0.1, -0.05) is 13.8 Å². The highest BCUT2D eigenvalue weighted by atomic mass is 16.5. The summed E-state index contributed by atoms with van der Waals surface area (Å²) in [6.45, 7) is 12.2. The Morgan fingerprint density at radius 2 is 1.94 bits per heavy atom. The quantitative estimate of drug-likeness (QED) is 0.634. The van der Waals surface area contributed by atoms with Crippen LogP contribution in [-0.2, 0) is 4.74 Å². The van der Waals surface area contributed by atoms with Crippen molar-refractivity contribution in [2.75, 3.05) is 39.9 Å². The molecule has 0 amide bonds. The molecule has 0 saturated heterocycles. The lowest BCUT2D eigenvalue weighted by Gasteiger charge is -2.25. The highest BCUT2D eigenvalue weighted by Gasteiger charge is 2.27. The van der Waals surface area contributed by atoms with Gasteiger partial charge in [-0.15, -0.1) is 0 Å². The molecule has 1 atom stereocenters. The maximum absolute atomic E-state index is 5.17. The zero-order chi connectivity index (χ0) is 12.7. The van der Waals surface area contributed by atoms with Crippen LogP contribution >= 0.6 is 0 Å². The molecule has 1 aliphatic carbocycles. The van der Waals surface area contributed by atoms with Crippen LogP contribution in [0.5, 0.6) is 0 Å². The van der Waals surface area contributed by atoms with E-state index in [1.807, 2.05) is 0 Å². The van der Waals surface area contributed by atoms with Crippen molar-refractivity contribution in [3.05, 3.63) is 0 Å². The molecule has 0 aromatic rings. The first-order chi connectivity index (χ1) is 8.13. The Balaban J connectivity index is 2.12. The molecule has 1 saturated carbocycles. The third-order valence-corrected chi connectivity index (χ3v) is 3.46. The average molecular weight is 242 g/mol. The van der Waals surface area contributed by atoms with E-state index in [1.54, 1.807) is 7.11 Å². The van der Waals surface area contributed by atoms with Crippen molar-refractivity contribution in [2.24, 2.45) is 11.8 Å². The van der Waals surface area contributed by atoms with Gasteiger partial charge in [-0.3, -0.25) is 4.90 Å². The minimum absolute atomic E-state index is 0.707. The van der Waals surface area contributed by atoms with E-state index in [2.05, 4.69) is 31.0 Å². The van der Waals surface area contributed by atoms with E-state index in [0.29, 0.717) is 6.04 Å². The molecule has 0 heterocycles. The van der Waals surface area contributed by atoms with Crippen LogP contribution in [-0.4, -0.2) is 50.8 Å². The summed E-state index contributed by atoms with van der Waals surface area (Å²) >= 11 is 0. The van der Waals surface area contributed by atoms with Gasteiger partial charge in [-0.05, 0) is 31.6 Å². The van der Waals surface area contributed by atoms with E-state index in [1.165, 1.54) is 19.4 Å². The Morgan fingerprint density at radius 1 is 1.24 bits per heavy atom. The molecule has 0 radical (unpaired) electrons. The highest BCUT2D eigenvalue weighted by molar-refractivity contribution is 4.83. The summed E-state index contributed by atoms with van der Waals surface area (Å²) in [4.78, 5) is 2.50. The first-order valence-corrected chi connectivity index (χ1v) is 7.08. The first-order valence-electron chi connectivity index (χ1n) is 7.08. The second-order valence-electron chi connectivity index (χ2n) is 5.77. The molecule has 17 heavy (non-hydrogen) atoms. The van der Waals surface area contributed by atoms with E-state index in [0.717, 1.165) is 38.1 Å². The van der Waals surface area contributed by atoms with E-state index in [4.69, 9.17) is 4.74 Å². The standard InChI is InChI=1S/C14H30N2O/c1-12(2)11-16(9-10-17-4)8-7-15-13(3)14-5-6-14/h12-15H,5-11H2,1-4H3. The van der Waals surface area contributed by atoms with Crippen LogP contribution in [0.2, 0.25) is 0 Å². The second-order valence-corrected chi connectivity index (χ2v) is 5.77. The van der Waals surface area contributed by atoms with E-state index >= 15 is 0 Å². The maximum atomic E-state index is 5.17. The Labute approximate surface area is 107 Å². The summed E-state index contributed by atoms with van der Waals surface area (Å²) < 4.78 is 5.17. The van der Waals surface area contributed by atoms with Gasteiger partial charge in [0.25, 0.3) is 0 Å². The fourth-order valence-corrected chi connectivity index (χ4v) is 2.24. The van der Waals surface area contributed by atoms with Gasteiger partial charge in [0.1, 0.15) is 0 Å². The molecule has 0 spiro atoms. The van der Waals surface area contributed by atoms with E-state index in [9.17, 15) is 0 Å². The SMILES string of the molecule is COCCN(CCNC(C)C1CC1)CC(C)C. The number of rotatable bonds is 10. The lowest BCUT2D eigenvalue weighted by atomic mass is 10.2. The minimum Gasteiger partial charge on any atom is -0.383 e. The van der Waals surface area contributed by atoms with Crippen molar-refractivity contribution in [1.82, 2.24) is 10.2 Å². The summed E-state index contributed by atoms with van der Waals surface area (Å²) in [6.07, 6.45) is 2.85. The van der Waals surface area contributed by atoms with Crippen molar-refractivity contribution in [2.45, 2.75) is 39.7 Å². The van der Waals surface area contributed by atoms with Gasteiger partial charge in [-0.25, -0.2) is 0 Å². The Morgan fingerprint density at radius 3 is 2.47 bits per heavy atom. The third kappa shape index (κ3) is 7.02. The fourth-order valence-electron chi connectivity index (χ4n) is 2.24. The third-order valence-electron chi connectivity index (χ3n) is 3.46. The van der Waals surface area contributed by atoms with Crippen LogP contribution in [0.25, 0.3) is 0 Å². The summed E-state index contributed by atoms with van der Waals surface area (Å²) in [5, 5.41) is 3.64. The Hall–Kier alpha value is -0.120. The summed E-state index contributed by atoms with van der Waals surface area (Å²) in [7, 11) is 1.78. The molecule has 1 N–H and O–H groups in total. The van der Waals surface area contributed by atoms with Gasteiger partial charge in [0, 0.05) is 39.3 Å². The molecule has 1 unspecified atom stereocenters. The summed E-state index contributed by atoms with van der Waals surface area (Å²) in [5.41, 5.74) is 0. The molecule has 3 nitrogen and oxygen atoms in total. The molecule has 0 aromatic heterocycles. The largest absolute Gasteiger partial charge is 0.383 e. The molecule has 0 aromatic carbocycles. The molecular weight excluding hydrogens is 212 g/mol. The Bertz CT molecular complexity index is 193. The molecule has 1 aliphatic rings. The van der Waals surface area contributed by atoms with E-state index < -0.39 is 0 Å². The molecular formula is C14H30N2O. The maximum Gasteiger partial charge on any atom is 0.0589 e. The van der Waals surface area contributed by atoms with Crippen molar-refractivity contribution in [3.8, 4) is 0 Å². The minimum atomic E-state index is 0.707. The molecule has 102 valence electrons. The van der Waals surface area contributed by atoms with Crippen molar-refractivity contribution in [3.63, 3.8) is 0 Å². The zero-order valence-electron chi connectivity index (χ0n) is 12.0. The smallest absolute Gasteiger partial charge is 0.0589 e. The first kappa shape index (κ1) is 14.9. The number of nitrogens with zero attached hydrogens (tertiary/aromatic N) is 1. The molecule has 0 bridgehead atoms. The monoisotopic (exact) mass is 242 g/mol. The zero-order valence-corrected chi connectivity index (χ0v) is 12.0. The molecule has 0 aliphatic heterocycles. The van der Waals surface area contributed by atoms with Crippen LogP contribution in [0.4, 0.5) is 0 Å². The topological polar surface area (TPSA) is 24.5 Å². The van der Waals surface area contributed by atoms with Gasteiger partial charge < -0.3 is 10.1 Å². The molecule has 1 rings (SSSR count). The van der Waals surface area contributed by atoms with Gasteiger partial charge in [0.15, 0.2) is 0 Å². The van der Waals surface area contributed by atoms with Crippen molar-refractivity contribution < 1.29 is 4.74 Å². The fraction of sp³-hybridized carbons (Fsp3) is 1.00. The van der Waals surface area contributed by atoms with Crippen molar-refractivity contribution >= 4 is 0 Å². The number of hydrogen-bond acceptors (Lipinski definition) is 3. The lowest BCUT2D eigenvalue weighted by Crippen LogP contribution is -2.39. The van der Waals surface area contributed by atoms with Gasteiger partial charge in [0.05, 0.1) is 6.61 Å². The summed E-state index contributed by atoms with van der Waals surface area (Å²) in [5.74, 6) is 1.68. The van der Waals surface area contributed by atoms with E-state index in [-0.39, 0.29) is 0 Å². The lowest BCUT2D eigenvalue weighted by molar-refractivity contribution is 0.139. The van der Waals surface area contributed by atoms with Crippen LogP contribution in [0, 0.1) is 11.8 Å². The Kier molecular flexibility index (Phi) is 7.09. The van der Waals surface area contributed by atoms with Crippen LogP contribution in [0.3, 0.4) is 0 Å². The predicted octanol–water partition coefficient (Wildman–Crippen LogP) is 1.98. The van der Waals surface area contributed by atoms with Crippen LogP contribution < -0.4 is 5.32 Å². The van der Waals surface area contributed by atoms with Gasteiger partial charge in [-0.2, -0.15) is 0 Å². The second kappa shape index (κ2) is 8.06. The van der Waals surface area contributed by atoms with Gasteiger partial charge >= 0.3 is 0 Å². The highest BCUT2D eigenvalue weighted by Crippen LogP contribution is 2.32. The molecule has 3 heteroatoms. The molecule has 1 fully saturated rings. The number of hydrogen-bond donors (Lipinski definition) is 1. The number of ether oxygens (including phenoxy) is 1. The number of methoxy groups -OCH3 is 1. The van der Waals surface area contributed by atoms with Crippen molar-refractivity contribution in [1.29, 1.82) is 0 Å². The van der Waals surface area contributed by atoms with Crippen LogP contribution in [0.1, 0.15) is 33.6 Å². The van der Waals surface area contributed by atoms with Gasteiger partial charge in [0.2, 0.25) is 0 Å². The predicted molar refractivity (Wildman–Crippen MR) is 73.3 cm³/mol. The normalized spacial score (nSPS) is 18.0. The average Bonchev–Trinajstić information content (AvgIpc) is 3.08. The summed E-state index contributed by atoms with van der Waals surface area (Å²) in [6, 6.07) is 0.707. The number of nitrogens with one attached hydrogen (secondary N) is 1. The van der Waals surface area contributed by atoms with Crippen LogP contribution in [0.15, 0.2) is 0 Å².